The summed E-state index contributed by atoms with van der Waals surface area (Å²) in [7, 11) is 1.79. The molecule has 1 amide bonds. The van der Waals surface area contributed by atoms with Crippen molar-refractivity contribution in [3.63, 3.8) is 0 Å². The molecule has 1 aromatic carbocycles. The topological polar surface area (TPSA) is 53.4 Å². The van der Waals surface area contributed by atoms with Crippen molar-refractivity contribution in [3.05, 3.63) is 66.0 Å². The number of carbonyl (C=O) groups is 1. The number of aliphatic hydroxyl groups excluding tert-OH is 1. The molecule has 1 N–H and O–H groups in total. The van der Waals surface area contributed by atoms with E-state index < -0.39 is 0 Å². The SMILES string of the molecule is CC(C(CCO)c1ccccc1)N(C)C(=O)c1ccccn1. The van der Waals surface area contributed by atoms with E-state index in [1.54, 1.807) is 36.3 Å². The molecule has 0 spiro atoms. The van der Waals surface area contributed by atoms with Gasteiger partial charge < -0.3 is 10.0 Å². The molecule has 116 valence electrons. The zero-order valence-electron chi connectivity index (χ0n) is 13.0. The Balaban J connectivity index is 2.19. The van der Waals surface area contributed by atoms with Gasteiger partial charge in [0.15, 0.2) is 0 Å². The molecule has 2 rings (SSSR count). The Hall–Kier alpha value is -2.20. The van der Waals surface area contributed by atoms with Crippen LogP contribution in [-0.2, 0) is 0 Å². The van der Waals surface area contributed by atoms with Crippen LogP contribution in [0.1, 0.15) is 35.3 Å². The largest absolute Gasteiger partial charge is 0.396 e. The van der Waals surface area contributed by atoms with E-state index in [4.69, 9.17) is 0 Å². The van der Waals surface area contributed by atoms with Crippen molar-refractivity contribution in [2.24, 2.45) is 0 Å². The molecule has 0 aliphatic carbocycles. The molecule has 2 aromatic rings. The predicted octanol–water partition coefficient (Wildman–Crippen LogP) is 2.71. The van der Waals surface area contributed by atoms with E-state index >= 15 is 0 Å². The fraction of sp³-hybridized carbons (Fsp3) is 0.333. The fourth-order valence-electron chi connectivity index (χ4n) is 2.65. The maximum atomic E-state index is 12.5. The number of carbonyl (C=O) groups excluding carboxylic acids is 1. The second-order valence-corrected chi connectivity index (χ2v) is 5.40. The summed E-state index contributed by atoms with van der Waals surface area (Å²) in [6.07, 6.45) is 2.24. The molecule has 2 atom stereocenters. The minimum absolute atomic E-state index is 0.0379. The first-order valence-corrected chi connectivity index (χ1v) is 7.49. The third-order valence-corrected chi connectivity index (χ3v) is 4.07. The van der Waals surface area contributed by atoms with Crippen LogP contribution in [0.5, 0.6) is 0 Å². The number of amides is 1. The number of aromatic nitrogens is 1. The molecule has 1 aromatic heterocycles. The molecule has 2 unspecified atom stereocenters. The summed E-state index contributed by atoms with van der Waals surface area (Å²) < 4.78 is 0. The van der Waals surface area contributed by atoms with Crippen LogP contribution in [-0.4, -0.2) is 40.6 Å². The smallest absolute Gasteiger partial charge is 0.272 e. The normalized spacial score (nSPS) is 13.4. The number of pyridine rings is 1. The number of benzene rings is 1. The quantitative estimate of drug-likeness (QED) is 0.892. The lowest BCUT2D eigenvalue weighted by atomic mass is 9.89. The lowest BCUT2D eigenvalue weighted by molar-refractivity contribution is 0.0706. The standard InChI is InChI=1S/C18H22N2O2/c1-14(16(11-13-21)15-8-4-3-5-9-15)20(2)18(22)17-10-6-7-12-19-17/h3-10,12,14,16,21H,11,13H2,1-2H3. The molecule has 0 fully saturated rings. The summed E-state index contributed by atoms with van der Waals surface area (Å²) in [4.78, 5) is 18.4. The zero-order chi connectivity index (χ0) is 15.9. The Bertz CT molecular complexity index is 587. The summed E-state index contributed by atoms with van der Waals surface area (Å²) in [5.41, 5.74) is 1.57. The molecule has 4 heteroatoms. The molecule has 0 aliphatic heterocycles. The van der Waals surface area contributed by atoms with Crippen molar-refractivity contribution in [1.29, 1.82) is 0 Å². The Morgan fingerprint density at radius 3 is 2.45 bits per heavy atom. The molecule has 4 nitrogen and oxygen atoms in total. The van der Waals surface area contributed by atoms with Crippen molar-refractivity contribution in [3.8, 4) is 0 Å². The summed E-state index contributed by atoms with van der Waals surface area (Å²) in [5.74, 6) is -0.0177. The molecule has 0 saturated carbocycles. The van der Waals surface area contributed by atoms with E-state index in [0.717, 1.165) is 5.56 Å². The van der Waals surface area contributed by atoms with Gasteiger partial charge in [0.05, 0.1) is 0 Å². The van der Waals surface area contributed by atoms with Gasteiger partial charge in [-0.05, 0) is 31.0 Å². The lowest BCUT2D eigenvalue weighted by Gasteiger charge is -2.32. The van der Waals surface area contributed by atoms with Gasteiger partial charge in [0.1, 0.15) is 5.69 Å². The van der Waals surface area contributed by atoms with Crippen LogP contribution < -0.4 is 0 Å². The number of likely N-dealkylation sites (N-methyl/N-ethyl adjacent to an activating group) is 1. The summed E-state index contributed by atoms with van der Waals surface area (Å²) in [6, 6.07) is 15.3. The van der Waals surface area contributed by atoms with Crippen molar-refractivity contribution in [2.75, 3.05) is 13.7 Å². The van der Waals surface area contributed by atoms with Gasteiger partial charge >= 0.3 is 0 Å². The highest BCUT2D eigenvalue weighted by atomic mass is 16.3. The number of aliphatic hydroxyl groups is 1. The molecule has 1 heterocycles. The van der Waals surface area contributed by atoms with Crippen molar-refractivity contribution in [1.82, 2.24) is 9.88 Å². The Morgan fingerprint density at radius 2 is 1.86 bits per heavy atom. The third-order valence-electron chi connectivity index (χ3n) is 4.07. The van der Waals surface area contributed by atoms with E-state index in [1.165, 1.54) is 0 Å². The van der Waals surface area contributed by atoms with E-state index in [0.29, 0.717) is 12.1 Å². The molecule has 0 saturated heterocycles. The van der Waals surface area contributed by atoms with Crippen LogP contribution in [0.15, 0.2) is 54.7 Å². The average Bonchev–Trinajstić information content (AvgIpc) is 2.59. The number of hydrogen-bond acceptors (Lipinski definition) is 3. The molecule has 0 radical (unpaired) electrons. The second kappa shape index (κ2) is 7.71. The van der Waals surface area contributed by atoms with Gasteiger partial charge in [-0.15, -0.1) is 0 Å². The maximum absolute atomic E-state index is 12.5. The Labute approximate surface area is 131 Å². The zero-order valence-corrected chi connectivity index (χ0v) is 13.0. The van der Waals surface area contributed by atoms with Gasteiger partial charge in [0.25, 0.3) is 5.91 Å². The molecule has 0 bridgehead atoms. The summed E-state index contributed by atoms with van der Waals surface area (Å²) >= 11 is 0. The predicted molar refractivity (Wildman–Crippen MR) is 86.7 cm³/mol. The molecular formula is C18H22N2O2. The number of hydrogen-bond donors (Lipinski definition) is 1. The van der Waals surface area contributed by atoms with Gasteiger partial charge in [-0.25, -0.2) is 0 Å². The van der Waals surface area contributed by atoms with Crippen molar-refractivity contribution < 1.29 is 9.90 Å². The molecule has 0 aliphatic rings. The average molecular weight is 298 g/mol. The summed E-state index contributed by atoms with van der Waals surface area (Å²) in [6.45, 7) is 2.10. The fourth-order valence-corrected chi connectivity index (χ4v) is 2.65. The van der Waals surface area contributed by atoms with Gasteiger partial charge in [-0.3, -0.25) is 9.78 Å². The van der Waals surface area contributed by atoms with E-state index in [2.05, 4.69) is 4.98 Å². The van der Waals surface area contributed by atoms with Gasteiger partial charge in [0, 0.05) is 31.8 Å². The Morgan fingerprint density at radius 1 is 1.18 bits per heavy atom. The first kappa shape index (κ1) is 16.2. The van der Waals surface area contributed by atoms with Crippen LogP contribution in [0, 0.1) is 0 Å². The highest BCUT2D eigenvalue weighted by Crippen LogP contribution is 2.26. The monoisotopic (exact) mass is 298 g/mol. The first-order chi connectivity index (χ1) is 10.6. The van der Waals surface area contributed by atoms with Crippen molar-refractivity contribution in [2.45, 2.75) is 25.3 Å². The van der Waals surface area contributed by atoms with Crippen LogP contribution in [0.25, 0.3) is 0 Å². The molecular weight excluding hydrogens is 276 g/mol. The van der Waals surface area contributed by atoms with Crippen molar-refractivity contribution >= 4 is 5.91 Å². The number of rotatable bonds is 6. The number of nitrogens with zero attached hydrogens (tertiary/aromatic N) is 2. The maximum Gasteiger partial charge on any atom is 0.272 e. The van der Waals surface area contributed by atoms with Crippen LogP contribution in [0.4, 0.5) is 0 Å². The van der Waals surface area contributed by atoms with E-state index in [9.17, 15) is 9.90 Å². The van der Waals surface area contributed by atoms with Gasteiger partial charge in [-0.2, -0.15) is 0 Å². The minimum Gasteiger partial charge on any atom is -0.396 e. The minimum atomic E-state index is -0.105. The second-order valence-electron chi connectivity index (χ2n) is 5.40. The van der Waals surface area contributed by atoms with Gasteiger partial charge in [0.2, 0.25) is 0 Å². The van der Waals surface area contributed by atoms with Crippen LogP contribution in [0.2, 0.25) is 0 Å². The highest BCUT2D eigenvalue weighted by Gasteiger charge is 2.26. The Kier molecular flexibility index (Phi) is 5.67. The van der Waals surface area contributed by atoms with Gasteiger partial charge in [-0.1, -0.05) is 36.4 Å². The third kappa shape index (κ3) is 3.71. The first-order valence-electron chi connectivity index (χ1n) is 7.49. The highest BCUT2D eigenvalue weighted by molar-refractivity contribution is 5.92. The summed E-state index contributed by atoms with van der Waals surface area (Å²) in [5, 5.41) is 9.37. The van der Waals surface area contributed by atoms with E-state index in [-0.39, 0.29) is 24.5 Å². The van der Waals surface area contributed by atoms with Crippen LogP contribution >= 0.6 is 0 Å². The van der Waals surface area contributed by atoms with Crippen LogP contribution in [0.3, 0.4) is 0 Å². The van der Waals surface area contributed by atoms with E-state index in [1.807, 2.05) is 37.3 Å². The lowest BCUT2D eigenvalue weighted by Crippen LogP contribution is -2.39. The molecule has 22 heavy (non-hydrogen) atoms.